The minimum absolute atomic E-state index is 0.233. The van der Waals surface area contributed by atoms with Gasteiger partial charge in [-0.1, -0.05) is 32.0 Å². The molecule has 0 aliphatic heterocycles. The van der Waals surface area contributed by atoms with Crippen LogP contribution in [0.15, 0.2) is 24.3 Å². The van der Waals surface area contributed by atoms with Crippen LogP contribution in [-0.4, -0.2) is 11.4 Å². The number of hydrogen-bond acceptors (Lipinski definition) is 2. The highest BCUT2D eigenvalue weighted by atomic mass is 19.1. The van der Waals surface area contributed by atoms with E-state index in [1.807, 2.05) is 13.8 Å². The van der Waals surface area contributed by atoms with Gasteiger partial charge in [-0.3, -0.25) is 4.79 Å². The van der Waals surface area contributed by atoms with Gasteiger partial charge >= 0.3 is 0 Å². The van der Waals surface area contributed by atoms with Crippen LogP contribution in [0.1, 0.15) is 45.2 Å². The summed E-state index contributed by atoms with van der Waals surface area (Å²) in [5.74, 6) is -0.552. The third-order valence-electron chi connectivity index (χ3n) is 3.43. The molecule has 0 fully saturated rings. The second-order valence-corrected chi connectivity index (χ2v) is 4.58. The Morgan fingerprint density at radius 1 is 1.39 bits per heavy atom. The number of nitrogens with one attached hydrogen (secondary N) is 1. The van der Waals surface area contributed by atoms with Crippen LogP contribution >= 0.6 is 0 Å². The van der Waals surface area contributed by atoms with Gasteiger partial charge in [-0.05, 0) is 25.8 Å². The van der Waals surface area contributed by atoms with E-state index >= 15 is 0 Å². The van der Waals surface area contributed by atoms with E-state index in [-0.39, 0.29) is 17.8 Å². The molecule has 1 unspecified atom stereocenters. The molecule has 0 heterocycles. The second-order valence-electron chi connectivity index (χ2n) is 4.58. The van der Waals surface area contributed by atoms with E-state index < -0.39 is 5.54 Å². The topological polar surface area (TPSA) is 55.1 Å². The number of amides is 1. The first kappa shape index (κ1) is 14.6. The summed E-state index contributed by atoms with van der Waals surface area (Å²) in [5.41, 5.74) is 5.60. The zero-order chi connectivity index (χ0) is 13.8. The molecule has 0 saturated heterocycles. The van der Waals surface area contributed by atoms with Gasteiger partial charge in [0.05, 0.1) is 11.6 Å². The fourth-order valence-electron chi connectivity index (χ4n) is 1.82. The average Bonchev–Trinajstić information content (AvgIpc) is 2.38. The van der Waals surface area contributed by atoms with Crippen molar-refractivity contribution in [2.45, 2.75) is 45.2 Å². The van der Waals surface area contributed by atoms with E-state index in [9.17, 15) is 9.18 Å². The number of rotatable bonds is 5. The Morgan fingerprint density at radius 3 is 2.44 bits per heavy atom. The third kappa shape index (κ3) is 3.07. The normalized spacial score (nSPS) is 13.2. The molecular weight excluding hydrogens is 231 g/mol. The van der Waals surface area contributed by atoms with E-state index in [4.69, 9.17) is 5.73 Å². The predicted octanol–water partition coefficient (Wildman–Crippen LogP) is 2.52. The fourth-order valence-corrected chi connectivity index (χ4v) is 1.82. The van der Waals surface area contributed by atoms with Gasteiger partial charge in [0.2, 0.25) is 5.91 Å². The van der Waals surface area contributed by atoms with Crippen molar-refractivity contribution in [1.82, 2.24) is 5.32 Å². The van der Waals surface area contributed by atoms with Crippen molar-refractivity contribution in [3.8, 4) is 0 Å². The average molecular weight is 252 g/mol. The SMILES string of the molecule is CCC(N)(CC)C(=O)NC(C)c1ccccc1F. The number of hydrogen-bond donors (Lipinski definition) is 2. The van der Waals surface area contributed by atoms with Gasteiger partial charge in [-0.15, -0.1) is 0 Å². The first-order chi connectivity index (χ1) is 8.44. The summed E-state index contributed by atoms with van der Waals surface area (Å²) in [5, 5.41) is 2.78. The first-order valence-electron chi connectivity index (χ1n) is 6.29. The minimum atomic E-state index is -0.875. The highest BCUT2D eigenvalue weighted by Gasteiger charge is 2.31. The highest BCUT2D eigenvalue weighted by molar-refractivity contribution is 5.86. The van der Waals surface area contributed by atoms with Gasteiger partial charge in [-0.2, -0.15) is 0 Å². The van der Waals surface area contributed by atoms with Crippen LogP contribution in [0, 0.1) is 5.82 Å². The molecule has 0 aliphatic rings. The van der Waals surface area contributed by atoms with Gasteiger partial charge in [0.15, 0.2) is 0 Å². The largest absolute Gasteiger partial charge is 0.348 e. The summed E-state index contributed by atoms with van der Waals surface area (Å²) in [6, 6.07) is 6.03. The van der Waals surface area contributed by atoms with Crippen molar-refractivity contribution < 1.29 is 9.18 Å². The lowest BCUT2D eigenvalue weighted by Gasteiger charge is -2.27. The quantitative estimate of drug-likeness (QED) is 0.846. The molecule has 0 aliphatic carbocycles. The molecule has 3 nitrogen and oxygen atoms in total. The van der Waals surface area contributed by atoms with Crippen LogP contribution in [0.3, 0.4) is 0 Å². The lowest BCUT2D eigenvalue weighted by Crippen LogP contribution is -2.53. The molecule has 1 aromatic rings. The standard InChI is InChI=1S/C14H21FN2O/c1-4-14(16,5-2)13(18)17-10(3)11-8-6-7-9-12(11)15/h6-10H,4-5,16H2,1-3H3,(H,17,18). The molecule has 100 valence electrons. The van der Waals surface area contributed by atoms with Crippen LogP contribution in [0.25, 0.3) is 0 Å². The smallest absolute Gasteiger partial charge is 0.240 e. The number of nitrogens with two attached hydrogens (primary N) is 1. The molecule has 1 amide bonds. The number of halogens is 1. The zero-order valence-corrected chi connectivity index (χ0v) is 11.2. The summed E-state index contributed by atoms with van der Waals surface area (Å²) in [6.07, 6.45) is 1.11. The lowest BCUT2D eigenvalue weighted by atomic mass is 9.92. The van der Waals surface area contributed by atoms with Crippen LogP contribution in [0.2, 0.25) is 0 Å². The third-order valence-corrected chi connectivity index (χ3v) is 3.43. The summed E-state index contributed by atoms with van der Waals surface area (Å²) in [7, 11) is 0. The Kier molecular flexibility index (Phi) is 4.84. The van der Waals surface area contributed by atoms with E-state index in [2.05, 4.69) is 5.32 Å². The van der Waals surface area contributed by atoms with E-state index in [0.717, 1.165) is 0 Å². The zero-order valence-electron chi connectivity index (χ0n) is 11.2. The predicted molar refractivity (Wildman–Crippen MR) is 70.5 cm³/mol. The molecule has 1 aromatic carbocycles. The highest BCUT2D eigenvalue weighted by Crippen LogP contribution is 2.18. The maximum Gasteiger partial charge on any atom is 0.240 e. The summed E-state index contributed by atoms with van der Waals surface area (Å²) in [4.78, 5) is 12.1. The Bertz CT molecular complexity index is 416. The van der Waals surface area contributed by atoms with Gasteiger partial charge in [0, 0.05) is 5.56 Å². The van der Waals surface area contributed by atoms with Crippen molar-refractivity contribution in [1.29, 1.82) is 0 Å². The van der Waals surface area contributed by atoms with Crippen molar-refractivity contribution in [3.63, 3.8) is 0 Å². The van der Waals surface area contributed by atoms with Crippen molar-refractivity contribution in [3.05, 3.63) is 35.6 Å². The van der Waals surface area contributed by atoms with Crippen LogP contribution in [-0.2, 0) is 4.79 Å². The Hall–Kier alpha value is -1.42. The van der Waals surface area contributed by atoms with Crippen molar-refractivity contribution >= 4 is 5.91 Å². The molecule has 3 N–H and O–H groups in total. The molecule has 0 saturated carbocycles. The molecule has 1 rings (SSSR count). The Labute approximate surface area is 108 Å². The van der Waals surface area contributed by atoms with Gasteiger partial charge in [-0.25, -0.2) is 4.39 Å². The van der Waals surface area contributed by atoms with Gasteiger partial charge < -0.3 is 11.1 Å². The number of benzene rings is 1. The first-order valence-corrected chi connectivity index (χ1v) is 6.29. The van der Waals surface area contributed by atoms with E-state index in [1.165, 1.54) is 6.07 Å². The van der Waals surface area contributed by atoms with E-state index in [0.29, 0.717) is 18.4 Å². The molecule has 1 atom stereocenters. The van der Waals surface area contributed by atoms with Crippen LogP contribution < -0.4 is 11.1 Å². The maximum absolute atomic E-state index is 13.6. The van der Waals surface area contributed by atoms with Gasteiger partial charge in [0.25, 0.3) is 0 Å². The molecule has 0 bridgehead atoms. The van der Waals surface area contributed by atoms with E-state index in [1.54, 1.807) is 25.1 Å². The molecule has 0 radical (unpaired) electrons. The second kappa shape index (κ2) is 5.96. The Balaban J connectivity index is 2.80. The van der Waals surface area contributed by atoms with Crippen LogP contribution in [0.5, 0.6) is 0 Å². The molecule has 18 heavy (non-hydrogen) atoms. The summed E-state index contributed by atoms with van der Waals surface area (Å²) in [6.45, 7) is 5.50. The lowest BCUT2D eigenvalue weighted by molar-refractivity contribution is -0.127. The van der Waals surface area contributed by atoms with Crippen molar-refractivity contribution in [2.75, 3.05) is 0 Å². The van der Waals surface area contributed by atoms with Crippen LogP contribution in [0.4, 0.5) is 4.39 Å². The maximum atomic E-state index is 13.6. The van der Waals surface area contributed by atoms with Gasteiger partial charge in [0.1, 0.15) is 5.82 Å². The van der Waals surface area contributed by atoms with Crippen molar-refractivity contribution in [2.24, 2.45) is 5.73 Å². The minimum Gasteiger partial charge on any atom is -0.348 e. The number of carbonyl (C=O) groups excluding carboxylic acids is 1. The monoisotopic (exact) mass is 252 g/mol. The molecule has 4 heteroatoms. The fraction of sp³-hybridized carbons (Fsp3) is 0.500. The Morgan fingerprint density at radius 2 is 1.94 bits per heavy atom. The summed E-state index contributed by atoms with van der Waals surface area (Å²) >= 11 is 0. The molecular formula is C14H21FN2O. The molecule has 0 spiro atoms. The molecule has 0 aromatic heterocycles. The number of carbonyl (C=O) groups is 1. The summed E-state index contributed by atoms with van der Waals surface area (Å²) < 4.78 is 13.6.